The van der Waals surface area contributed by atoms with Crippen LogP contribution in [0.5, 0.6) is 0 Å². The van der Waals surface area contributed by atoms with E-state index in [2.05, 4.69) is 6.58 Å². The average Bonchev–Trinajstić information content (AvgIpc) is 2.62. The molecule has 0 aromatic carbocycles. The molecule has 0 spiro atoms. The lowest BCUT2D eigenvalue weighted by Gasteiger charge is -2.34. The first-order valence-corrected chi connectivity index (χ1v) is 11.4. The summed E-state index contributed by atoms with van der Waals surface area (Å²) < 4.78 is 34.5. The van der Waals surface area contributed by atoms with Gasteiger partial charge in [-0.15, -0.1) is 0 Å². The average molecular weight is 406 g/mol. The first-order chi connectivity index (χ1) is 12.8. The smallest absolute Gasteiger partial charge is 0.462 e. The number of hydrogen-bond acceptors (Lipinski definition) is 7. The van der Waals surface area contributed by atoms with E-state index in [1.54, 1.807) is 6.92 Å². The molecular weight excluding hydrogens is 371 g/mol. The minimum atomic E-state index is -3.71. The molecule has 0 bridgehead atoms. The van der Waals surface area contributed by atoms with Crippen molar-refractivity contribution in [3.05, 3.63) is 12.2 Å². The third kappa shape index (κ3) is 9.35. The molecule has 0 heterocycles. The molecule has 0 radical (unpaired) electrons. The fourth-order valence-corrected chi connectivity index (χ4v) is 4.18. The van der Waals surface area contributed by atoms with Gasteiger partial charge in [-0.1, -0.05) is 33.3 Å². The van der Waals surface area contributed by atoms with Crippen LogP contribution in [-0.4, -0.2) is 43.1 Å². The van der Waals surface area contributed by atoms with Gasteiger partial charge in [-0.2, -0.15) is 0 Å². The summed E-state index contributed by atoms with van der Waals surface area (Å²) in [6, 6.07) is 0. The molecule has 0 amide bonds. The fourth-order valence-electron chi connectivity index (χ4n) is 2.70. The van der Waals surface area contributed by atoms with Crippen molar-refractivity contribution in [3.8, 4) is 0 Å². The molecular formula is C19H35O7P. The maximum absolute atomic E-state index is 12.9. The van der Waals surface area contributed by atoms with E-state index in [4.69, 9.17) is 18.3 Å². The number of aliphatic hydroxyl groups excluding tert-OH is 1. The van der Waals surface area contributed by atoms with Crippen molar-refractivity contribution in [2.75, 3.05) is 19.8 Å². The number of carbonyl (C=O) groups is 1. The van der Waals surface area contributed by atoms with Crippen molar-refractivity contribution in [3.63, 3.8) is 0 Å². The van der Waals surface area contributed by atoms with Crippen molar-refractivity contribution in [1.29, 1.82) is 0 Å². The van der Waals surface area contributed by atoms with E-state index >= 15 is 0 Å². The molecule has 1 aliphatic carbocycles. The Morgan fingerprint density at radius 1 is 1.15 bits per heavy atom. The molecule has 158 valence electrons. The minimum Gasteiger partial charge on any atom is -0.462 e. The third-order valence-corrected chi connectivity index (χ3v) is 5.95. The lowest BCUT2D eigenvalue weighted by molar-refractivity contribution is -0.141. The van der Waals surface area contributed by atoms with Crippen LogP contribution in [0.4, 0.5) is 0 Å². The number of esters is 1. The lowest BCUT2D eigenvalue weighted by atomic mass is 9.86. The molecule has 3 unspecified atom stereocenters. The Bertz CT molecular complexity index is 494. The van der Waals surface area contributed by atoms with Crippen LogP contribution in [0.1, 0.15) is 65.7 Å². The van der Waals surface area contributed by atoms with Gasteiger partial charge in [-0.05, 0) is 44.9 Å². The minimum absolute atomic E-state index is 0.0320. The quantitative estimate of drug-likeness (QED) is 0.210. The third-order valence-electron chi connectivity index (χ3n) is 4.42. The Hall–Kier alpha value is -0.720. The zero-order valence-corrected chi connectivity index (χ0v) is 17.7. The van der Waals surface area contributed by atoms with Crippen molar-refractivity contribution in [2.24, 2.45) is 5.92 Å². The van der Waals surface area contributed by atoms with Gasteiger partial charge >= 0.3 is 13.8 Å². The summed E-state index contributed by atoms with van der Waals surface area (Å²) in [5, 5.41) is 10.4. The van der Waals surface area contributed by atoms with E-state index in [1.807, 2.05) is 13.8 Å². The molecule has 1 aliphatic rings. The van der Waals surface area contributed by atoms with Crippen molar-refractivity contribution in [1.82, 2.24) is 0 Å². The Morgan fingerprint density at radius 2 is 1.74 bits per heavy atom. The summed E-state index contributed by atoms with van der Waals surface area (Å²) in [5.41, 5.74) is 0.349. The largest absolute Gasteiger partial charge is 0.475 e. The highest BCUT2D eigenvalue weighted by atomic mass is 31.2. The number of aliphatic hydroxyl groups is 1. The SMILES string of the molecule is C=C(C)C(=O)OCC1CCC(OP(=O)(OCCCC)OCCCC)C(O)C1. The first kappa shape index (κ1) is 24.3. The lowest BCUT2D eigenvalue weighted by Crippen LogP contribution is -2.37. The van der Waals surface area contributed by atoms with Gasteiger partial charge < -0.3 is 9.84 Å². The molecule has 8 heteroatoms. The Balaban J connectivity index is 2.54. The molecule has 1 saturated carbocycles. The summed E-state index contributed by atoms with van der Waals surface area (Å²) >= 11 is 0. The molecule has 0 aromatic heterocycles. The highest BCUT2D eigenvalue weighted by Gasteiger charge is 2.38. The molecule has 0 aromatic rings. The predicted octanol–water partition coefficient (Wildman–Crippen LogP) is 4.39. The normalized spacial score (nSPS) is 23.2. The van der Waals surface area contributed by atoms with E-state index in [-0.39, 0.29) is 12.5 Å². The van der Waals surface area contributed by atoms with Gasteiger partial charge in [-0.3, -0.25) is 13.6 Å². The van der Waals surface area contributed by atoms with Gasteiger partial charge in [0.2, 0.25) is 0 Å². The second-order valence-corrected chi connectivity index (χ2v) is 8.71. The number of phosphoric acid groups is 1. The second kappa shape index (κ2) is 12.7. The summed E-state index contributed by atoms with van der Waals surface area (Å²) in [6.07, 6.45) is 3.48. The first-order valence-electron chi connectivity index (χ1n) is 9.89. The fraction of sp³-hybridized carbons (Fsp3) is 0.842. The molecule has 0 saturated heterocycles. The number of rotatable bonds is 13. The van der Waals surface area contributed by atoms with Crippen LogP contribution in [0.2, 0.25) is 0 Å². The second-order valence-electron chi connectivity index (χ2n) is 7.09. The highest BCUT2D eigenvalue weighted by molar-refractivity contribution is 7.48. The molecule has 0 aliphatic heterocycles. The van der Waals surface area contributed by atoms with Crippen LogP contribution >= 0.6 is 7.82 Å². The Labute approximate surface area is 163 Å². The predicted molar refractivity (Wildman–Crippen MR) is 103 cm³/mol. The maximum atomic E-state index is 12.9. The number of hydrogen-bond donors (Lipinski definition) is 1. The summed E-state index contributed by atoms with van der Waals surface area (Å²) in [4.78, 5) is 11.5. The molecule has 1 fully saturated rings. The number of unbranched alkanes of at least 4 members (excludes halogenated alkanes) is 2. The van der Waals surface area contributed by atoms with Crippen LogP contribution in [0.15, 0.2) is 12.2 Å². The zero-order valence-electron chi connectivity index (χ0n) is 16.9. The van der Waals surface area contributed by atoms with Crippen molar-refractivity contribution >= 4 is 13.8 Å². The van der Waals surface area contributed by atoms with Gasteiger partial charge in [0.1, 0.15) is 0 Å². The number of carbonyl (C=O) groups excluding carboxylic acids is 1. The summed E-state index contributed by atoms with van der Waals surface area (Å²) in [5.74, 6) is -0.398. The van der Waals surface area contributed by atoms with Gasteiger partial charge in [0.05, 0.1) is 32.0 Å². The van der Waals surface area contributed by atoms with E-state index in [1.165, 1.54) is 0 Å². The summed E-state index contributed by atoms with van der Waals surface area (Å²) in [6.45, 7) is 9.98. The molecule has 3 atom stereocenters. The van der Waals surface area contributed by atoms with Gasteiger partial charge in [-0.25, -0.2) is 9.36 Å². The molecule has 1 rings (SSSR count). The van der Waals surface area contributed by atoms with Crippen LogP contribution in [0.3, 0.4) is 0 Å². The van der Waals surface area contributed by atoms with Crippen LogP contribution in [0, 0.1) is 5.92 Å². The Morgan fingerprint density at radius 3 is 2.22 bits per heavy atom. The van der Waals surface area contributed by atoms with Crippen LogP contribution in [-0.2, 0) is 27.7 Å². The zero-order chi connectivity index (χ0) is 20.3. The maximum Gasteiger partial charge on any atom is 0.475 e. The standard InChI is InChI=1S/C19H35O7P/c1-5-7-11-24-27(22,25-12-8-6-2)26-18-10-9-16(13-17(18)20)14-23-19(21)15(3)4/h16-18,20H,3,5-14H2,1-2,4H3. The van der Waals surface area contributed by atoms with Crippen LogP contribution in [0.25, 0.3) is 0 Å². The topological polar surface area (TPSA) is 91.3 Å². The van der Waals surface area contributed by atoms with Gasteiger partial charge in [0, 0.05) is 5.57 Å². The molecule has 27 heavy (non-hydrogen) atoms. The monoisotopic (exact) mass is 406 g/mol. The van der Waals surface area contributed by atoms with Crippen molar-refractivity contribution < 1.29 is 32.8 Å². The number of ether oxygens (including phenoxy) is 1. The van der Waals surface area contributed by atoms with E-state index < -0.39 is 26.0 Å². The number of phosphoric ester groups is 1. The molecule has 1 N–H and O–H groups in total. The molecule has 7 nitrogen and oxygen atoms in total. The van der Waals surface area contributed by atoms with Crippen molar-refractivity contribution in [2.45, 2.75) is 77.9 Å². The Kier molecular flexibility index (Phi) is 11.4. The highest BCUT2D eigenvalue weighted by Crippen LogP contribution is 2.52. The van der Waals surface area contributed by atoms with Gasteiger partial charge in [0.15, 0.2) is 0 Å². The van der Waals surface area contributed by atoms with E-state index in [9.17, 15) is 14.5 Å². The van der Waals surface area contributed by atoms with Gasteiger partial charge in [0.25, 0.3) is 0 Å². The van der Waals surface area contributed by atoms with E-state index in [0.717, 1.165) is 25.7 Å². The van der Waals surface area contributed by atoms with E-state index in [0.29, 0.717) is 38.0 Å². The summed E-state index contributed by atoms with van der Waals surface area (Å²) in [7, 11) is -3.71. The van der Waals surface area contributed by atoms with Crippen LogP contribution < -0.4 is 0 Å².